The van der Waals surface area contributed by atoms with E-state index >= 15 is 0 Å². The molecule has 4 heteroatoms. The molecule has 1 aliphatic rings. The van der Waals surface area contributed by atoms with Crippen molar-refractivity contribution in [3.05, 3.63) is 29.3 Å². The van der Waals surface area contributed by atoms with Crippen LogP contribution in [0.4, 0.5) is 5.69 Å². The molecule has 1 aromatic carbocycles. The Hall–Kier alpha value is -1.06. The summed E-state index contributed by atoms with van der Waals surface area (Å²) < 4.78 is 5.40. The van der Waals surface area contributed by atoms with Gasteiger partial charge in [0.05, 0.1) is 10.7 Å². The summed E-state index contributed by atoms with van der Waals surface area (Å²) in [5, 5.41) is 3.33. The fraction of sp³-hybridized carbons (Fsp3) is 0.417. The lowest BCUT2D eigenvalue weighted by molar-refractivity contribution is -0.129. The predicted molar refractivity (Wildman–Crippen MR) is 63.7 cm³/mol. The maximum Gasteiger partial charge on any atom is 0.253 e. The lowest BCUT2D eigenvalue weighted by atomic mass is 10.1. The minimum atomic E-state index is -0.329. The first-order chi connectivity index (χ1) is 7.77. The number of nitrogens with one attached hydrogen (secondary N) is 1. The number of halogens is 1. The predicted octanol–water partition coefficient (Wildman–Crippen LogP) is 2.85. The molecule has 3 nitrogen and oxygen atoms in total. The molecule has 1 amide bonds. The first-order valence-electron chi connectivity index (χ1n) is 5.44. The van der Waals surface area contributed by atoms with Crippen molar-refractivity contribution in [2.24, 2.45) is 0 Å². The molecule has 0 saturated carbocycles. The van der Waals surface area contributed by atoms with Crippen LogP contribution >= 0.6 is 11.6 Å². The Bertz CT molecular complexity index is 375. The Balaban J connectivity index is 1.99. The lowest BCUT2D eigenvalue weighted by Gasteiger charge is -2.21. The molecular weight excluding hydrogens is 226 g/mol. The van der Waals surface area contributed by atoms with Crippen LogP contribution in [0.15, 0.2) is 24.3 Å². The van der Waals surface area contributed by atoms with Crippen LogP contribution in [0, 0.1) is 0 Å². The van der Waals surface area contributed by atoms with Gasteiger partial charge in [0.15, 0.2) is 0 Å². The molecule has 86 valence electrons. The van der Waals surface area contributed by atoms with Crippen molar-refractivity contribution in [3.8, 4) is 0 Å². The van der Waals surface area contributed by atoms with E-state index in [4.69, 9.17) is 16.3 Å². The van der Waals surface area contributed by atoms with Gasteiger partial charge >= 0.3 is 0 Å². The molecule has 1 heterocycles. The molecule has 0 aliphatic carbocycles. The highest BCUT2D eigenvalue weighted by molar-refractivity contribution is 6.33. The zero-order valence-corrected chi connectivity index (χ0v) is 9.67. The van der Waals surface area contributed by atoms with Crippen LogP contribution in [0.3, 0.4) is 0 Å². The van der Waals surface area contributed by atoms with Crippen LogP contribution in [-0.2, 0) is 9.53 Å². The van der Waals surface area contributed by atoms with Crippen molar-refractivity contribution in [2.75, 3.05) is 11.9 Å². The van der Waals surface area contributed by atoms with Crippen molar-refractivity contribution >= 4 is 23.2 Å². The highest BCUT2D eigenvalue weighted by atomic mass is 35.5. The number of benzene rings is 1. The zero-order chi connectivity index (χ0) is 11.4. The number of hydrogen-bond acceptors (Lipinski definition) is 2. The molecule has 1 aromatic rings. The summed E-state index contributed by atoms with van der Waals surface area (Å²) in [5.41, 5.74) is 0.642. The number of rotatable bonds is 2. The molecule has 1 unspecified atom stereocenters. The average molecular weight is 240 g/mol. The molecule has 2 rings (SSSR count). The molecular formula is C12H14ClNO2. The Kier molecular flexibility index (Phi) is 3.80. The van der Waals surface area contributed by atoms with Gasteiger partial charge in [-0.25, -0.2) is 0 Å². The highest BCUT2D eigenvalue weighted by Gasteiger charge is 2.22. The number of hydrogen-bond donors (Lipinski definition) is 1. The van der Waals surface area contributed by atoms with Gasteiger partial charge in [0.2, 0.25) is 0 Å². The topological polar surface area (TPSA) is 38.3 Å². The Morgan fingerprint density at radius 3 is 2.88 bits per heavy atom. The summed E-state index contributed by atoms with van der Waals surface area (Å²) in [4.78, 5) is 11.8. The van der Waals surface area contributed by atoms with Gasteiger partial charge in [0.25, 0.3) is 5.91 Å². The molecule has 1 N–H and O–H groups in total. The normalized spacial score (nSPS) is 20.4. The quantitative estimate of drug-likeness (QED) is 0.862. The summed E-state index contributed by atoms with van der Waals surface area (Å²) in [5.74, 6) is -0.104. The monoisotopic (exact) mass is 239 g/mol. The van der Waals surface area contributed by atoms with Crippen molar-refractivity contribution in [1.29, 1.82) is 0 Å². The van der Waals surface area contributed by atoms with E-state index in [9.17, 15) is 4.79 Å². The van der Waals surface area contributed by atoms with Crippen molar-refractivity contribution in [1.82, 2.24) is 0 Å². The van der Waals surface area contributed by atoms with Crippen molar-refractivity contribution in [2.45, 2.75) is 25.4 Å². The third kappa shape index (κ3) is 2.74. The highest BCUT2D eigenvalue weighted by Crippen LogP contribution is 2.22. The fourth-order valence-corrected chi connectivity index (χ4v) is 1.91. The summed E-state index contributed by atoms with van der Waals surface area (Å²) in [6, 6.07) is 7.19. The van der Waals surface area contributed by atoms with Crippen molar-refractivity contribution < 1.29 is 9.53 Å². The molecule has 0 radical (unpaired) electrons. The Labute approximate surface area is 99.7 Å². The van der Waals surface area contributed by atoms with Gasteiger partial charge in [0, 0.05) is 6.61 Å². The Morgan fingerprint density at radius 2 is 2.19 bits per heavy atom. The summed E-state index contributed by atoms with van der Waals surface area (Å²) in [7, 11) is 0. The fourth-order valence-electron chi connectivity index (χ4n) is 1.72. The summed E-state index contributed by atoms with van der Waals surface area (Å²) in [6.45, 7) is 0.667. The Morgan fingerprint density at radius 1 is 1.38 bits per heavy atom. The average Bonchev–Trinajstić information content (AvgIpc) is 2.33. The number of carbonyl (C=O) groups excluding carboxylic acids is 1. The maximum absolute atomic E-state index is 11.8. The maximum atomic E-state index is 11.8. The molecule has 0 spiro atoms. The van der Waals surface area contributed by atoms with Gasteiger partial charge in [0.1, 0.15) is 6.10 Å². The molecule has 1 saturated heterocycles. The van der Waals surface area contributed by atoms with Gasteiger partial charge < -0.3 is 10.1 Å². The first kappa shape index (κ1) is 11.4. The van der Waals surface area contributed by atoms with Crippen LogP contribution in [0.25, 0.3) is 0 Å². The minimum absolute atomic E-state index is 0.104. The molecule has 1 atom stereocenters. The molecule has 1 fully saturated rings. The van der Waals surface area contributed by atoms with Crippen LogP contribution < -0.4 is 5.32 Å². The van der Waals surface area contributed by atoms with Gasteiger partial charge in [-0.1, -0.05) is 23.7 Å². The van der Waals surface area contributed by atoms with E-state index in [-0.39, 0.29) is 12.0 Å². The van der Waals surface area contributed by atoms with E-state index in [1.807, 2.05) is 12.1 Å². The van der Waals surface area contributed by atoms with Crippen LogP contribution in [-0.4, -0.2) is 18.6 Å². The second kappa shape index (κ2) is 5.32. The molecule has 0 bridgehead atoms. The third-order valence-electron chi connectivity index (χ3n) is 2.60. The number of ether oxygens (including phenoxy) is 1. The molecule has 16 heavy (non-hydrogen) atoms. The standard InChI is InChI=1S/C12H14ClNO2/c13-9-5-1-2-6-10(9)14-12(15)11-7-3-4-8-16-11/h1-2,5-6,11H,3-4,7-8H2,(H,14,15). The van der Waals surface area contributed by atoms with Crippen LogP contribution in [0.5, 0.6) is 0 Å². The van der Waals surface area contributed by atoms with Gasteiger partial charge in [-0.15, -0.1) is 0 Å². The molecule has 0 aromatic heterocycles. The largest absolute Gasteiger partial charge is 0.368 e. The minimum Gasteiger partial charge on any atom is -0.368 e. The summed E-state index contributed by atoms with van der Waals surface area (Å²) in [6.07, 6.45) is 2.54. The lowest BCUT2D eigenvalue weighted by Crippen LogP contribution is -2.33. The van der Waals surface area contributed by atoms with E-state index in [0.717, 1.165) is 19.3 Å². The summed E-state index contributed by atoms with van der Waals surface area (Å²) >= 11 is 5.95. The third-order valence-corrected chi connectivity index (χ3v) is 2.93. The number of anilines is 1. The molecule has 1 aliphatic heterocycles. The van der Waals surface area contributed by atoms with E-state index < -0.39 is 0 Å². The van der Waals surface area contributed by atoms with Gasteiger partial charge in [-0.05, 0) is 31.4 Å². The second-order valence-corrected chi connectivity index (χ2v) is 4.23. The second-order valence-electron chi connectivity index (χ2n) is 3.82. The number of carbonyl (C=O) groups is 1. The van der Waals surface area contributed by atoms with E-state index in [1.54, 1.807) is 12.1 Å². The smallest absolute Gasteiger partial charge is 0.253 e. The zero-order valence-electron chi connectivity index (χ0n) is 8.91. The van der Waals surface area contributed by atoms with Crippen LogP contribution in [0.1, 0.15) is 19.3 Å². The van der Waals surface area contributed by atoms with Gasteiger partial charge in [-0.3, -0.25) is 4.79 Å². The SMILES string of the molecule is O=C(Nc1ccccc1Cl)C1CCCCO1. The van der Waals surface area contributed by atoms with E-state index in [1.165, 1.54) is 0 Å². The van der Waals surface area contributed by atoms with Crippen LogP contribution in [0.2, 0.25) is 5.02 Å². The van der Waals surface area contributed by atoms with E-state index in [0.29, 0.717) is 17.3 Å². The van der Waals surface area contributed by atoms with Crippen molar-refractivity contribution in [3.63, 3.8) is 0 Å². The van der Waals surface area contributed by atoms with Gasteiger partial charge in [-0.2, -0.15) is 0 Å². The first-order valence-corrected chi connectivity index (χ1v) is 5.82. The number of para-hydroxylation sites is 1. The van der Waals surface area contributed by atoms with E-state index in [2.05, 4.69) is 5.32 Å². The number of amides is 1.